The van der Waals surface area contributed by atoms with Crippen LogP contribution in [0.4, 0.5) is 4.39 Å². The molecule has 1 aromatic carbocycles. The van der Waals surface area contributed by atoms with Crippen molar-refractivity contribution in [3.63, 3.8) is 0 Å². The van der Waals surface area contributed by atoms with E-state index in [1.54, 1.807) is 0 Å². The summed E-state index contributed by atoms with van der Waals surface area (Å²) in [4.78, 5) is 0. The van der Waals surface area contributed by atoms with Crippen molar-refractivity contribution in [1.29, 1.82) is 0 Å². The van der Waals surface area contributed by atoms with Crippen molar-refractivity contribution in [1.82, 2.24) is 0 Å². The Morgan fingerprint density at radius 2 is 1.71 bits per heavy atom. The number of benzene rings is 1. The van der Waals surface area contributed by atoms with Crippen LogP contribution in [0.25, 0.3) is 0 Å². The molecule has 1 aromatic rings. The molecule has 0 amide bonds. The first-order valence-corrected chi connectivity index (χ1v) is 5.59. The topological polar surface area (TPSA) is 38.7 Å². The van der Waals surface area contributed by atoms with Gasteiger partial charge in [0.05, 0.1) is 20.3 Å². The summed E-state index contributed by atoms with van der Waals surface area (Å²) in [6, 6.07) is 2.72. The minimum atomic E-state index is -0.824. The number of aliphatic hydroxyl groups is 1. The highest BCUT2D eigenvalue weighted by atomic mass is 19.1. The highest BCUT2D eigenvalue weighted by Gasteiger charge is 2.18. The molecule has 0 bridgehead atoms. The van der Waals surface area contributed by atoms with E-state index in [1.165, 1.54) is 26.4 Å². The normalized spacial score (nSPS) is 12.6. The molecular formula is C13H19FO3. The van der Waals surface area contributed by atoms with Crippen LogP contribution in [-0.2, 0) is 0 Å². The average molecular weight is 242 g/mol. The van der Waals surface area contributed by atoms with Crippen molar-refractivity contribution >= 4 is 0 Å². The van der Waals surface area contributed by atoms with Gasteiger partial charge in [-0.25, -0.2) is 4.39 Å². The Morgan fingerprint density at radius 1 is 1.18 bits per heavy atom. The molecule has 1 unspecified atom stereocenters. The predicted octanol–water partition coefficient (Wildman–Crippen LogP) is 2.92. The number of hydrogen-bond donors (Lipinski definition) is 1. The van der Waals surface area contributed by atoms with Crippen molar-refractivity contribution in [2.45, 2.75) is 26.4 Å². The average Bonchev–Trinajstić information content (AvgIpc) is 2.27. The van der Waals surface area contributed by atoms with E-state index in [0.29, 0.717) is 17.9 Å². The van der Waals surface area contributed by atoms with E-state index < -0.39 is 11.9 Å². The molecule has 0 aliphatic carbocycles. The second-order valence-electron chi connectivity index (χ2n) is 4.37. The molecule has 0 saturated carbocycles. The summed E-state index contributed by atoms with van der Waals surface area (Å²) < 4.78 is 23.8. The van der Waals surface area contributed by atoms with Gasteiger partial charge in [-0.15, -0.1) is 0 Å². The summed E-state index contributed by atoms with van der Waals surface area (Å²) in [6.45, 7) is 3.95. The van der Waals surface area contributed by atoms with Crippen LogP contribution in [0.5, 0.6) is 11.5 Å². The van der Waals surface area contributed by atoms with Crippen molar-refractivity contribution in [3.05, 3.63) is 23.5 Å². The lowest BCUT2D eigenvalue weighted by Crippen LogP contribution is -2.05. The quantitative estimate of drug-likeness (QED) is 0.862. The molecule has 0 radical (unpaired) electrons. The highest BCUT2D eigenvalue weighted by molar-refractivity contribution is 5.44. The Hall–Kier alpha value is -1.29. The van der Waals surface area contributed by atoms with Crippen molar-refractivity contribution in [3.8, 4) is 11.5 Å². The lowest BCUT2D eigenvalue weighted by molar-refractivity contribution is 0.146. The summed E-state index contributed by atoms with van der Waals surface area (Å²) in [5.41, 5.74) is 0.247. The summed E-state index contributed by atoms with van der Waals surface area (Å²) in [7, 11) is 2.93. The second kappa shape index (κ2) is 5.87. The van der Waals surface area contributed by atoms with Gasteiger partial charge in [0.15, 0.2) is 11.5 Å². The highest BCUT2D eigenvalue weighted by Crippen LogP contribution is 2.34. The van der Waals surface area contributed by atoms with Crippen LogP contribution in [0.15, 0.2) is 12.1 Å². The van der Waals surface area contributed by atoms with E-state index in [-0.39, 0.29) is 11.5 Å². The molecule has 0 aliphatic heterocycles. The van der Waals surface area contributed by atoms with E-state index in [0.717, 1.165) is 0 Å². The largest absolute Gasteiger partial charge is 0.493 e. The fraction of sp³-hybridized carbons (Fsp3) is 0.538. The van der Waals surface area contributed by atoms with E-state index >= 15 is 0 Å². The van der Waals surface area contributed by atoms with Gasteiger partial charge in [-0.1, -0.05) is 13.8 Å². The van der Waals surface area contributed by atoms with Crippen LogP contribution in [0.2, 0.25) is 0 Å². The van der Waals surface area contributed by atoms with E-state index in [1.807, 2.05) is 13.8 Å². The standard InChI is InChI=1S/C13H19FO3/c1-8(2)5-11(15)9-6-12(16-3)13(17-4)7-10(9)14/h6-8,11,15H,5H2,1-4H3. The fourth-order valence-corrected chi connectivity index (χ4v) is 1.70. The van der Waals surface area contributed by atoms with Gasteiger partial charge in [0, 0.05) is 11.6 Å². The van der Waals surface area contributed by atoms with Crippen molar-refractivity contribution < 1.29 is 19.0 Å². The molecule has 17 heavy (non-hydrogen) atoms. The molecule has 3 nitrogen and oxygen atoms in total. The Balaban J connectivity index is 3.07. The molecule has 96 valence electrons. The van der Waals surface area contributed by atoms with Crippen LogP contribution in [0, 0.1) is 11.7 Å². The Kier molecular flexibility index (Phi) is 4.75. The number of ether oxygens (including phenoxy) is 2. The van der Waals surface area contributed by atoms with E-state index in [2.05, 4.69) is 0 Å². The van der Waals surface area contributed by atoms with Gasteiger partial charge in [-0.05, 0) is 18.4 Å². The maximum absolute atomic E-state index is 13.8. The third-order valence-corrected chi connectivity index (χ3v) is 2.56. The lowest BCUT2D eigenvalue weighted by Gasteiger charge is -2.16. The molecule has 1 rings (SSSR count). The number of rotatable bonds is 5. The zero-order chi connectivity index (χ0) is 13.0. The fourth-order valence-electron chi connectivity index (χ4n) is 1.70. The molecule has 0 heterocycles. The predicted molar refractivity (Wildman–Crippen MR) is 63.9 cm³/mol. The van der Waals surface area contributed by atoms with Crippen molar-refractivity contribution in [2.75, 3.05) is 14.2 Å². The third-order valence-electron chi connectivity index (χ3n) is 2.56. The van der Waals surface area contributed by atoms with E-state index in [9.17, 15) is 9.50 Å². The maximum Gasteiger partial charge on any atom is 0.163 e. The molecular weight excluding hydrogens is 223 g/mol. The van der Waals surface area contributed by atoms with Gasteiger partial charge >= 0.3 is 0 Å². The number of methoxy groups -OCH3 is 2. The van der Waals surface area contributed by atoms with Gasteiger partial charge < -0.3 is 14.6 Å². The molecule has 1 N–H and O–H groups in total. The van der Waals surface area contributed by atoms with Crippen LogP contribution >= 0.6 is 0 Å². The minimum absolute atomic E-state index is 0.247. The first-order valence-electron chi connectivity index (χ1n) is 5.59. The molecule has 0 aliphatic rings. The van der Waals surface area contributed by atoms with Gasteiger partial charge in [-0.3, -0.25) is 0 Å². The molecule has 0 fully saturated rings. The van der Waals surface area contributed by atoms with Crippen LogP contribution in [0.3, 0.4) is 0 Å². The third kappa shape index (κ3) is 3.33. The Bertz CT molecular complexity index is 377. The number of hydrogen-bond acceptors (Lipinski definition) is 3. The molecule has 0 spiro atoms. The molecule has 0 aromatic heterocycles. The van der Waals surface area contributed by atoms with Gasteiger partial charge in [0.1, 0.15) is 5.82 Å². The lowest BCUT2D eigenvalue weighted by atomic mass is 9.99. The van der Waals surface area contributed by atoms with Gasteiger partial charge in [0.25, 0.3) is 0 Å². The molecule has 0 saturated heterocycles. The number of aliphatic hydroxyl groups excluding tert-OH is 1. The van der Waals surface area contributed by atoms with Crippen LogP contribution in [-0.4, -0.2) is 19.3 Å². The van der Waals surface area contributed by atoms with Crippen LogP contribution in [0.1, 0.15) is 31.9 Å². The summed E-state index contributed by atoms with van der Waals surface area (Å²) >= 11 is 0. The molecule has 1 atom stereocenters. The number of halogens is 1. The van der Waals surface area contributed by atoms with Gasteiger partial charge in [0.2, 0.25) is 0 Å². The zero-order valence-electron chi connectivity index (χ0n) is 10.7. The summed E-state index contributed by atoms with van der Waals surface area (Å²) in [5, 5.41) is 9.92. The smallest absolute Gasteiger partial charge is 0.163 e. The summed E-state index contributed by atoms with van der Waals surface area (Å²) in [5.74, 6) is 0.561. The molecule has 4 heteroatoms. The first-order chi connectivity index (χ1) is 7.99. The van der Waals surface area contributed by atoms with E-state index in [4.69, 9.17) is 9.47 Å². The maximum atomic E-state index is 13.8. The first kappa shape index (κ1) is 13.8. The Labute approximate surface area is 101 Å². The monoisotopic (exact) mass is 242 g/mol. The van der Waals surface area contributed by atoms with Crippen molar-refractivity contribution in [2.24, 2.45) is 5.92 Å². The minimum Gasteiger partial charge on any atom is -0.493 e. The zero-order valence-corrected chi connectivity index (χ0v) is 10.7. The SMILES string of the molecule is COc1cc(F)c(C(O)CC(C)C)cc1OC. The Morgan fingerprint density at radius 3 is 2.18 bits per heavy atom. The van der Waals surface area contributed by atoms with Crippen LogP contribution < -0.4 is 9.47 Å². The van der Waals surface area contributed by atoms with Gasteiger partial charge in [-0.2, -0.15) is 0 Å². The summed E-state index contributed by atoms with van der Waals surface area (Å²) in [6.07, 6.45) is -0.318. The second-order valence-corrected chi connectivity index (χ2v) is 4.37.